The molecule has 4 saturated carbocycles. The second-order valence-corrected chi connectivity index (χ2v) is 7.43. The van der Waals surface area contributed by atoms with Crippen LogP contribution < -0.4 is 10.6 Å². The van der Waals surface area contributed by atoms with Crippen LogP contribution in [0.5, 0.6) is 0 Å². The molecule has 4 bridgehead atoms. The summed E-state index contributed by atoms with van der Waals surface area (Å²) in [5.74, 6) is 4.04. The van der Waals surface area contributed by atoms with Gasteiger partial charge >= 0.3 is 0 Å². The Labute approximate surface area is 121 Å². The highest BCUT2D eigenvalue weighted by molar-refractivity contribution is 5.44. The Morgan fingerprint density at radius 1 is 1.20 bits per heavy atom. The Bertz CT molecular complexity index is 475. The van der Waals surface area contributed by atoms with Crippen LogP contribution in [0.25, 0.3) is 0 Å². The third-order valence-electron chi connectivity index (χ3n) is 6.11. The van der Waals surface area contributed by atoms with Gasteiger partial charge in [-0.25, -0.2) is 4.98 Å². The average Bonchev–Trinajstić information content (AvgIpc) is 2.45. The highest BCUT2D eigenvalue weighted by Gasteiger charge is 2.53. The molecular weight excluding hydrogens is 246 g/mol. The maximum absolute atomic E-state index is 5.78. The molecular formula is C17H25N3. The van der Waals surface area contributed by atoms with Gasteiger partial charge in [-0.3, -0.25) is 0 Å². The van der Waals surface area contributed by atoms with Gasteiger partial charge in [0.15, 0.2) is 0 Å². The van der Waals surface area contributed by atoms with Crippen molar-refractivity contribution in [2.24, 2.45) is 23.5 Å². The van der Waals surface area contributed by atoms with Gasteiger partial charge in [-0.15, -0.1) is 0 Å². The maximum Gasteiger partial charge on any atom is 0.128 e. The number of nitrogens with two attached hydrogens (primary N) is 1. The van der Waals surface area contributed by atoms with Crippen molar-refractivity contribution in [2.75, 3.05) is 11.9 Å². The largest absolute Gasteiger partial charge is 0.354 e. The van der Waals surface area contributed by atoms with Crippen molar-refractivity contribution >= 4 is 5.82 Å². The number of anilines is 1. The van der Waals surface area contributed by atoms with E-state index in [1.807, 2.05) is 12.3 Å². The van der Waals surface area contributed by atoms with Crippen molar-refractivity contribution in [3.05, 3.63) is 23.9 Å². The van der Waals surface area contributed by atoms with Crippen molar-refractivity contribution in [1.82, 2.24) is 4.98 Å². The molecule has 0 amide bonds. The molecule has 0 radical (unpaired) electrons. The minimum absolute atomic E-state index is 0.384. The fraction of sp³-hybridized carbons (Fsp3) is 0.706. The molecule has 20 heavy (non-hydrogen) atoms. The summed E-state index contributed by atoms with van der Waals surface area (Å²) in [6.07, 6.45) is 10.5. The van der Waals surface area contributed by atoms with E-state index in [0.29, 0.717) is 12.1 Å². The minimum Gasteiger partial charge on any atom is -0.354 e. The van der Waals surface area contributed by atoms with Gasteiger partial charge in [0.1, 0.15) is 5.82 Å². The molecule has 0 spiro atoms. The van der Waals surface area contributed by atoms with E-state index in [1.165, 1.54) is 44.1 Å². The lowest BCUT2D eigenvalue weighted by Gasteiger charge is -2.60. The van der Waals surface area contributed by atoms with Gasteiger partial charge in [-0.1, -0.05) is 0 Å². The van der Waals surface area contributed by atoms with Crippen molar-refractivity contribution in [1.29, 1.82) is 0 Å². The van der Waals surface area contributed by atoms with Gasteiger partial charge < -0.3 is 10.6 Å². The standard InChI is InChI=1S/C17H25N3/c1-20(16-7-12(11-18)2-3-19-16)17-8-13-4-14(9-17)6-15(5-13)10-17/h2-3,7,13-15H,4-6,8-11,18H2,1H3. The van der Waals surface area contributed by atoms with Crippen LogP contribution in [0.3, 0.4) is 0 Å². The Morgan fingerprint density at radius 3 is 2.35 bits per heavy atom. The van der Waals surface area contributed by atoms with E-state index in [9.17, 15) is 0 Å². The second-order valence-electron chi connectivity index (χ2n) is 7.43. The van der Waals surface area contributed by atoms with Crippen molar-refractivity contribution < 1.29 is 0 Å². The fourth-order valence-electron chi connectivity index (χ4n) is 5.49. The van der Waals surface area contributed by atoms with Crippen molar-refractivity contribution in [3.63, 3.8) is 0 Å². The number of rotatable bonds is 3. The quantitative estimate of drug-likeness (QED) is 0.919. The molecule has 0 aliphatic heterocycles. The monoisotopic (exact) mass is 271 g/mol. The summed E-state index contributed by atoms with van der Waals surface area (Å²) in [7, 11) is 2.26. The Morgan fingerprint density at radius 2 is 1.80 bits per heavy atom. The molecule has 4 aliphatic carbocycles. The van der Waals surface area contributed by atoms with E-state index in [0.717, 1.165) is 23.6 Å². The molecule has 0 unspecified atom stereocenters. The first-order valence-corrected chi connectivity index (χ1v) is 8.07. The second kappa shape index (κ2) is 4.45. The van der Waals surface area contributed by atoms with Crippen LogP contribution >= 0.6 is 0 Å². The zero-order valence-electron chi connectivity index (χ0n) is 12.4. The molecule has 2 N–H and O–H groups in total. The summed E-state index contributed by atoms with van der Waals surface area (Å²) in [6.45, 7) is 0.601. The van der Waals surface area contributed by atoms with Crippen molar-refractivity contribution in [2.45, 2.75) is 50.6 Å². The predicted molar refractivity (Wildman–Crippen MR) is 81.4 cm³/mol. The number of pyridine rings is 1. The lowest BCUT2D eigenvalue weighted by molar-refractivity contribution is -0.00229. The van der Waals surface area contributed by atoms with Gasteiger partial charge in [0.2, 0.25) is 0 Å². The van der Waals surface area contributed by atoms with Crippen molar-refractivity contribution in [3.8, 4) is 0 Å². The maximum atomic E-state index is 5.78. The van der Waals surface area contributed by atoms with Crippen LogP contribution in [0.4, 0.5) is 5.82 Å². The molecule has 3 heteroatoms. The van der Waals surface area contributed by atoms with Crippen LogP contribution in [-0.2, 0) is 6.54 Å². The molecule has 1 heterocycles. The van der Waals surface area contributed by atoms with Crippen LogP contribution in [0.2, 0.25) is 0 Å². The average molecular weight is 271 g/mol. The van der Waals surface area contributed by atoms with E-state index >= 15 is 0 Å². The van der Waals surface area contributed by atoms with Crippen LogP contribution in [0.15, 0.2) is 18.3 Å². The van der Waals surface area contributed by atoms with E-state index in [4.69, 9.17) is 5.73 Å². The fourth-order valence-corrected chi connectivity index (χ4v) is 5.49. The van der Waals surface area contributed by atoms with Gasteiger partial charge in [-0.2, -0.15) is 0 Å². The van der Waals surface area contributed by atoms with Crippen LogP contribution in [0.1, 0.15) is 44.1 Å². The van der Waals surface area contributed by atoms with Gasteiger partial charge in [-0.05, 0) is 74.0 Å². The lowest BCUT2D eigenvalue weighted by atomic mass is 9.52. The lowest BCUT2D eigenvalue weighted by Crippen LogP contribution is -2.59. The molecule has 4 aliphatic rings. The zero-order valence-corrected chi connectivity index (χ0v) is 12.4. The predicted octanol–water partition coefficient (Wildman–Crippen LogP) is 2.95. The Kier molecular flexibility index (Phi) is 2.81. The van der Waals surface area contributed by atoms with Crippen LogP contribution in [0, 0.1) is 17.8 Å². The Hall–Kier alpha value is -1.09. The topological polar surface area (TPSA) is 42.1 Å². The molecule has 4 fully saturated rings. The SMILES string of the molecule is CN(c1cc(CN)ccn1)C12CC3CC(CC(C3)C1)C2. The normalized spacial score (nSPS) is 38.2. The summed E-state index contributed by atoms with van der Waals surface area (Å²) in [4.78, 5) is 7.11. The number of aromatic nitrogens is 1. The highest BCUT2D eigenvalue weighted by atomic mass is 15.2. The summed E-state index contributed by atoms with van der Waals surface area (Å²) in [5.41, 5.74) is 7.35. The zero-order chi connectivity index (χ0) is 13.7. The Balaban J connectivity index is 1.65. The van der Waals surface area contributed by atoms with E-state index in [-0.39, 0.29) is 0 Å². The molecule has 0 aromatic carbocycles. The molecule has 3 nitrogen and oxygen atoms in total. The third kappa shape index (κ3) is 1.86. The van der Waals surface area contributed by atoms with Gasteiger partial charge in [0, 0.05) is 25.3 Å². The summed E-state index contributed by atoms with van der Waals surface area (Å²) in [6, 6.07) is 4.20. The number of nitrogens with zero attached hydrogens (tertiary/aromatic N) is 2. The smallest absolute Gasteiger partial charge is 0.128 e. The van der Waals surface area contributed by atoms with Gasteiger partial charge in [0.05, 0.1) is 0 Å². The summed E-state index contributed by atoms with van der Waals surface area (Å²) >= 11 is 0. The number of hydrogen-bond donors (Lipinski definition) is 1. The third-order valence-corrected chi connectivity index (χ3v) is 6.11. The summed E-state index contributed by atoms with van der Waals surface area (Å²) < 4.78 is 0. The molecule has 5 rings (SSSR count). The first kappa shape index (κ1) is 12.6. The van der Waals surface area contributed by atoms with E-state index < -0.39 is 0 Å². The first-order chi connectivity index (χ1) is 9.68. The molecule has 1 aromatic rings. The van der Waals surface area contributed by atoms with Crippen LogP contribution in [-0.4, -0.2) is 17.6 Å². The molecule has 0 atom stereocenters. The van der Waals surface area contributed by atoms with E-state index in [1.54, 1.807) is 0 Å². The molecule has 1 aromatic heterocycles. The highest BCUT2D eigenvalue weighted by Crippen LogP contribution is 2.57. The first-order valence-electron chi connectivity index (χ1n) is 8.07. The number of hydrogen-bond acceptors (Lipinski definition) is 3. The summed E-state index contributed by atoms with van der Waals surface area (Å²) in [5, 5.41) is 0. The molecule has 108 valence electrons. The van der Waals surface area contributed by atoms with Gasteiger partial charge in [0.25, 0.3) is 0 Å². The van der Waals surface area contributed by atoms with E-state index in [2.05, 4.69) is 23.0 Å². The molecule has 0 saturated heterocycles. The minimum atomic E-state index is 0.384.